The molecule has 1 atom stereocenters. The van der Waals surface area contributed by atoms with Gasteiger partial charge >= 0.3 is 5.97 Å². The van der Waals surface area contributed by atoms with Crippen molar-refractivity contribution < 1.29 is 23.1 Å². The molecule has 2 rings (SSSR count). The van der Waals surface area contributed by atoms with Gasteiger partial charge < -0.3 is 9.84 Å². The third kappa shape index (κ3) is 3.36. The molecule has 20 heavy (non-hydrogen) atoms. The fraction of sp³-hybridized carbons (Fsp3) is 0.462. The molecule has 0 aromatic heterocycles. The number of rotatable bonds is 5. The molecule has 1 saturated heterocycles. The number of carboxylic acids is 1. The Balaban J connectivity index is 2.16. The van der Waals surface area contributed by atoms with E-state index in [1.165, 1.54) is 18.2 Å². The van der Waals surface area contributed by atoms with E-state index in [1.54, 1.807) is 6.92 Å². The van der Waals surface area contributed by atoms with Crippen LogP contribution in [0, 0.1) is 6.92 Å². The maximum absolute atomic E-state index is 12.1. The van der Waals surface area contributed by atoms with Crippen LogP contribution in [-0.2, 0) is 14.8 Å². The molecule has 1 aliphatic heterocycles. The van der Waals surface area contributed by atoms with Crippen molar-refractivity contribution in [3.05, 3.63) is 29.3 Å². The van der Waals surface area contributed by atoms with E-state index in [-0.39, 0.29) is 23.1 Å². The first-order valence-electron chi connectivity index (χ1n) is 6.35. The Morgan fingerprint density at radius 2 is 2.25 bits per heavy atom. The maximum Gasteiger partial charge on any atom is 0.335 e. The van der Waals surface area contributed by atoms with E-state index < -0.39 is 16.0 Å². The fourth-order valence-corrected chi connectivity index (χ4v) is 3.18. The molecule has 0 aliphatic carbocycles. The molecular weight excluding hydrogens is 282 g/mol. The molecule has 1 heterocycles. The first kappa shape index (κ1) is 15.0. The highest BCUT2D eigenvalue weighted by Gasteiger charge is 2.21. The van der Waals surface area contributed by atoms with Crippen LogP contribution in [0.15, 0.2) is 23.1 Å². The molecule has 0 bridgehead atoms. The normalized spacial score (nSPS) is 19.1. The zero-order valence-electron chi connectivity index (χ0n) is 11.1. The summed E-state index contributed by atoms with van der Waals surface area (Å²) in [5.41, 5.74) is 0.514. The Morgan fingerprint density at radius 1 is 1.50 bits per heavy atom. The summed E-state index contributed by atoms with van der Waals surface area (Å²) in [5.74, 6) is -1.14. The van der Waals surface area contributed by atoms with Gasteiger partial charge in [-0.25, -0.2) is 17.9 Å². The van der Waals surface area contributed by atoms with Gasteiger partial charge in [-0.3, -0.25) is 0 Å². The lowest BCUT2D eigenvalue weighted by atomic mass is 10.1. The van der Waals surface area contributed by atoms with E-state index in [2.05, 4.69) is 4.72 Å². The number of hydrogen-bond donors (Lipinski definition) is 2. The number of aryl methyl sites for hydroxylation is 1. The van der Waals surface area contributed by atoms with Crippen LogP contribution in [0.2, 0.25) is 0 Å². The van der Waals surface area contributed by atoms with Crippen LogP contribution in [0.5, 0.6) is 0 Å². The topological polar surface area (TPSA) is 92.7 Å². The van der Waals surface area contributed by atoms with E-state index >= 15 is 0 Å². The second kappa shape index (κ2) is 5.90. The zero-order valence-corrected chi connectivity index (χ0v) is 11.9. The van der Waals surface area contributed by atoms with Gasteiger partial charge in [0.15, 0.2) is 0 Å². The summed E-state index contributed by atoms with van der Waals surface area (Å²) in [6, 6.07) is 4.07. The van der Waals surface area contributed by atoms with Crippen molar-refractivity contribution in [2.75, 3.05) is 13.2 Å². The number of hydrogen-bond acceptors (Lipinski definition) is 4. The number of benzene rings is 1. The first-order valence-corrected chi connectivity index (χ1v) is 7.83. The molecule has 0 unspecified atom stereocenters. The highest BCUT2D eigenvalue weighted by molar-refractivity contribution is 7.89. The SMILES string of the molecule is Cc1ccc(S(=O)(=O)NC[C@H]2CCCO2)cc1C(=O)O. The highest BCUT2D eigenvalue weighted by Crippen LogP contribution is 2.17. The molecule has 7 heteroatoms. The molecule has 0 saturated carbocycles. The maximum atomic E-state index is 12.1. The summed E-state index contributed by atoms with van der Waals surface area (Å²) in [6.45, 7) is 2.48. The summed E-state index contributed by atoms with van der Waals surface area (Å²) in [4.78, 5) is 11.0. The van der Waals surface area contributed by atoms with Gasteiger partial charge in [0.05, 0.1) is 16.6 Å². The van der Waals surface area contributed by atoms with Crippen molar-refractivity contribution >= 4 is 16.0 Å². The highest BCUT2D eigenvalue weighted by atomic mass is 32.2. The number of carbonyl (C=O) groups is 1. The molecule has 0 amide bonds. The third-order valence-corrected chi connectivity index (χ3v) is 4.70. The smallest absolute Gasteiger partial charge is 0.335 e. The number of aromatic carboxylic acids is 1. The van der Waals surface area contributed by atoms with Gasteiger partial charge in [-0.05, 0) is 37.5 Å². The van der Waals surface area contributed by atoms with Gasteiger partial charge in [0.25, 0.3) is 0 Å². The standard InChI is InChI=1S/C13H17NO5S/c1-9-4-5-11(7-12(9)13(15)16)20(17,18)14-8-10-3-2-6-19-10/h4-5,7,10,14H,2-3,6,8H2,1H3,(H,15,16)/t10-/m1/s1. The largest absolute Gasteiger partial charge is 0.478 e. The Hall–Kier alpha value is -1.44. The summed E-state index contributed by atoms with van der Waals surface area (Å²) in [5, 5.41) is 9.02. The minimum atomic E-state index is -3.71. The molecule has 0 radical (unpaired) electrons. The van der Waals surface area contributed by atoms with Gasteiger partial charge in [0.1, 0.15) is 0 Å². The van der Waals surface area contributed by atoms with Gasteiger partial charge in [0, 0.05) is 13.2 Å². The molecule has 1 fully saturated rings. The molecule has 2 N–H and O–H groups in total. The molecule has 1 aromatic carbocycles. The quantitative estimate of drug-likeness (QED) is 0.851. The lowest BCUT2D eigenvalue weighted by Gasteiger charge is -2.12. The first-order chi connectivity index (χ1) is 9.40. The Morgan fingerprint density at radius 3 is 2.85 bits per heavy atom. The second-order valence-electron chi connectivity index (χ2n) is 4.77. The minimum Gasteiger partial charge on any atom is -0.478 e. The van der Waals surface area contributed by atoms with E-state index in [9.17, 15) is 13.2 Å². The van der Waals surface area contributed by atoms with E-state index in [0.29, 0.717) is 12.2 Å². The van der Waals surface area contributed by atoms with Crippen molar-refractivity contribution in [3.63, 3.8) is 0 Å². The zero-order chi connectivity index (χ0) is 14.8. The number of carboxylic acid groups (broad SMARTS) is 1. The van der Waals surface area contributed by atoms with Crippen LogP contribution in [-0.4, -0.2) is 38.7 Å². The van der Waals surface area contributed by atoms with E-state index in [1.807, 2.05) is 0 Å². The number of sulfonamides is 1. The van der Waals surface area contributed by atoms with E-state index in [0.717, 1.165) is 12.8 Å². The summed E-state index contributed by atoms with van der Waals surface area (Å²) in [6.07, 6.45) is 1.66. The summed E-state index contributed by atoms with van der Waals surface area (Å²) >= 11 is 0. The monoisotopic (exact) mass is 299 g/mol. The molecule has 1 aromatic rings. The van der Waals surface area contributed by atoms with Crippen LogP contribution in [0.3, 0.4) is 0 Å². The molecule has 1 aliphatic rings. The van der Waals surface area contributed by atoms with Gasteiger partial charge in [0.2, 0.25) is 10.0 Å². The summed E-state index contributed by atoms with van der Waals surface area (Å²) < 4.78 is 32.0. The van der Waals surface area contributed by atoms with Crippen LogP contribution in [0.4, 0.5) is 0 Å². The van der Waals surface area contributed by atoms with Crippen LogP contribution in [0.25, 0.3) is 0 Å². The van der Waals surface area contributed by atoms with Crippen LogP contribution >= 0.6 is 0 Å². The predicted molar refractivity (Wildman–Crippen MR) is 72.3 cm³/mol. The Kier molecular flexibility index (Phi) is 4.42. The van der Waals surface area contributed by atoms with Gasteiger partial charge in [-0.1, -0.05) is 6.07 Å². The van der Waals surface area contributed by atoms with Crippen molar-refractivity contribution in [1.82, 2.24) is 4.72 Å². The average molecular weight is 299 g/mol. The van der Waals surface area contributed by atoms with Crippen molar-refractivity contribution in [2.24, 2.45) is 0 Å². The predicted octanol–water partition coefficient (Wildman–Crippen LogP) is 1.15. The lowest BCUT2D eigenvalue weighted by molar-refractivity contribution is 0.0696. The Labute approximate surface area is 117 Å². The second-order valence-corrected chi connectivity index (χ2v) is 6.54. The fourth-order valence-electron chi connectivity index (χ4n) is 2.09. The summed E-state index contributed by atoms with van der Waals surface area (Å²) in [7, 11) is -3.71. The van der Waals surface area contributed by atoms with Crippen LogP contribution in [0.1, 0.15) is 28.8 Å². The van der Waals surface area contributed by atoms with E-state index in [4.69, 9.17) is 9.84 Å². The Bertz CT molecular complexity index is 605. The number of nitrogens with one attached hydrogen (secondary N) is 1. The molecule has 6 nitrogen and oxygen atoms in total. The number of ether oxygens (including phenoxy) is 1. The molecule has 0 spiro atoms. The molecular formula is C13H17NO5S. The average Bonchev–Trinajstić information content (AvgIpc) is 2.89. The lowest BCUT2D eigenvalue weighted by Crippen LogP contribution is -2.32. The third-order valence-electron chi connectivity index (χ3n) is 3.27. The van der Waals surface area contributed by atoms with Crippen molar-refractivity contribution in [1.29, 1.82) is 0 Å². The molecule has 110 valence electrons. The van der Waals surface area contributed by atoms with Crippen molar-refractivity contribution in [3.8, 4) is 0 Å². The van der Waals surface area contributed by atoms with Gasteiger partial charge in [-0.2, -0.15) is 0 Å². The minimum absolute atomic E-state index is 0.00927. The van der Waals surface area contributed by atoms with Gasteiger partial charge in [-0.15, -0.1) is 0 Å². The van der Waals surface area contributed by atoms with Crippen LogP contribution < -0.4 is 4.72 Å². The van der Waals surface area contributed by atoms with Crippen molar-refractivity contribution in [2.45, 2.75) is 30.8 Å².